The van der Waals surface area contributed by atoms with Crippen LogP contribution >= 0.6 is 0 Å². The fourth-order valence-corrected chi connectivity index (χ4v) is 0.849. The van der Waals surface area contributed by atoms with Crippen LogP contribution < -0.4 is 5.73 Å². The summed E-state index contributed by atoms with van der Waals surface area (Å²) in [6, 6.07) is 0. The summed E-state index contributed by atoms with van der Waals surface area (Å²) < 4.78 is 0. The number of nitrogens with two attached hydrogens (primary N) is 1. The smallest absolute Gasteiger partial charge is 0.00743 e. The monoisotopic (exact) mass is 155 g/mol. The molecule has 0 aliphatic heterocycles. The summed E-state index contributed by atoms with van der Waals surface area (Å²) in [6.45, 7) is 5.33. The van der Waals surface area contributed by atoms with Crippen molar-refractivity contribution in [3.8, 4) is 0 Å². The van der Waals surface area contributed by atoms with Gasteiger partial charge in [-0.25, -0.2) is 0 Å². The van der Waals surface area contributed by atoms with Gasteiger partial charge in [0.2, 0.25) is 0 Å². The largest absolute Gasteiger partial charge is 0.330 e. The van der Waals surface area contributed by atoms with Gasteiger partial charge in [-0.3, -0.25) is 0 Å². The Kier molecular flexibility index (Phi) is 7.59. The summed E-state index contributed by atoms with van der Waals surface area (Å²) in [7, 11) is 0. The number of allylic oxidation sites excluding steroid dienone is 2. The molecule has 0 amide bonds. The zero-order chi connectivity index (χ0) is 8.53. The molecule has 0 aromatic heterocycles. The van der Waals surface area contributed by atoms with Gasteiger partial charge in [-0.1, -0.05) is 32.4 Å². The van der Waals surface area contributed by atoms with Gasteiger partial charge in [0.05, 0.1) is 0 Å². The van der Waals surface area contributed by atoms with Crippen molar-refractivity contribution in [2.75, 3.05) is 6.54 Å². The molecule has 1 nitrogen and oxygen atoms in total. The van der Waals surface area contributed by atoms with Gasteiger partial charge in [0, 0.05) is 0 Å². The second kappa shape index (κ2) is 7.80. The maximum atomic E-state index is 5.36. The number of unbranched alkanes of at least 4 members (excludes halogenated alkanes) is 1. The first-order valence-electron chi connectivity index (χ1n) is 4.66. The van der Waals surface area contributed by atoms with E-state index in [2.05, 4.69) is 26.0 Å². The van der Waals surface area contributed by atoms with Crippen molar-refractivity contribution >= 4 is 0 Å². The Morgan fingerprint density at radius 3 is 2.64 bits per heavy atom. The molecule has 0 heterocycles. The number of rotatable bonds is 6. The molecule has 0 spiro atoms. The van der Waals surface area contributed by atoms with Crippen molar-refractivity contribution in [3.05, 3.63) is 12.2 Å². The zero-order valence-corrected chi connectivity index (χ0v) is 7.84. The molecule has 0 aromatic carbocycles. The topological polar surface area (TPSA) is 26.0 Å². The standard InChI is InChI=1S/C10H21N/c1-3-10(2)8-6-4-5-7-9-11/h4,6,10H,3,5,7-9,11H2,1-2H3/b6-4+. The third kappa shape index (κ3) is 7.60. The summed E-state index contributed by atoms with van der Waals surface area (Å²) >= 11 is 0. The molecule has 0 fully saturated rings. The van der Waals surface area contributed by atoms with E-state index in [-0.39, 0.29) is 0 Å². The van der Waals surface area contributed by atoms with Gasteiger partial charge in [-0.2, -0.15) is 0 Å². The average molecular weight is 155 g/mol. The molecular weight excluding hydrogens is 134 g/mol. The number of hydrogen-bond acceptors (Lipinski definition) is 1. The molecule has 0 aliphatic carbocycles. The third-order valence-corrected chi connectivity index (χ3v) is 1.98. The van der Waals surface area contributed by atoms with Crippen molar-refractivity contribution in [2.24, 2.45) is 11.7 Å². The van der Waals surface area contributed by atoms with Gasteiger partial charge in [-0.15, -0.1) is 0 Å². The maximum Gasteiger partial charge on any atom is -0.00743 e. The Hall–Kier alpha value is -0.300. The summed E-state index contributed by atoms with van der Waals surface area (Å²) in [5, 5.41) is 0. The summed E-state index contributed by atoms with van der Waals surface area (Å²) in [5.41, 5.74) is 5.36. The fourth-order valence-electron chi connectivity index (χ4n) is 0.849. The molecule has 1 unspecified atom stereocenters. The van der Waals surface area contributed by atoms with Crippen LogP contribution in [-0.4, -0.2) is 6.54 Å². The first-order valence-corrected chi connectivity index (χ1v) is 4.66. The maximum absolute atomic E-state index is 5.36. The summed E-state index contributed by atoms with van der Waals surface area (Å²) in [5.74, 6) is 0.837. The van der Waals surface area contributed by atoms with Crippen LogP contribution in [0.4, 0.5) is 0 Å². The van der Waals surface area contributed by atoms with E-state index in [4.69, 9.17) is 5.73 Å². The second-order valence-corrected chi connectivity index (χ2v) is 3.15. The summed E-state index contributed by atoms with van der Waals surface area (Å²) in [6.07, 6.45) is 9.30. The van der Waals surface area contributed by atoms with Crippen LogP contribution in [0.15, 0.2) is 12.2 Å². The molecule has 0 saturated heterocycles. The van der Waals surface area contributed by atoms with Gasteiger partial charge in [0.1, 0.15) is 0 Å². The normalized spacial score (nSPS) is 14.1. The molecule has 1 heteroatoms. The first kappa shape index (κ1) is 10.7. The predicted octanol–water partition coefficient (Wildman–Crippen LogP) is 2.72. The van der Waals surface area contributed by atoms with Crippen molar-refractivity contribution in [1.82, 2.24) is 0 Å². The van der Waals surface area contributed by atoms with Crippen LogP contribution in [0, 0.1) is 5.92 Å². The highest BCUT2D eigenvalue weighted by atomic mass is 14.5. The highest BCUT2D eigenvalue weighted by Crippen LogP contribution is 2.06. The predicted molar refractivity (Wildman–Crippen MR) is 51.5 cm³/mol. The Labute approximate surface area is 70.7 Å². The van der Waals surface area contributed by atoms with Crippen LogP contribution in [0.25, 0.3) is 0 Å². The quantitative estimate of drug-likeness (QED) is 0.463. The minimum atomic E-state index is 0.813. The zero-order valence-electron chi connectivity index (χ0n) is 7.84. The van der Waals surface area contributed by atoms with Gasteiger partial charge >= 0.3 is 0 Å². The van der Waals surface area contributed by atoms with Gasteiger partial charge in [0.15, 0.2) is 0 Å². The van der Waals surface area contributed by atoms with Gasteiger partial charge < -0.3 is 5.73 Å². The Bertz CT molecular complexity index is 97.0. The molecule has 0 rings (SSSR count). The molecule has 2 N–H and O–H groups in total. The minimum absolute atomic E-state index is 0.813. The third-order valence-electron chi connectivity index (χ3n) is 1.98. The van der Waals surface area contributed by atoms with E-state index in [9.17, 15) is 0 Å². The van der Waals surface area contributed by atoms with Crippen LogP contribution in [-0.2, 0) is 0 Å². The fraction of sp³-hybridized carbons (Fsp3) is 0.800. The molecule has 0 aromatic rings. The molecule has 0 bridgehead atoms. The van der Waals surface area contributed by atoms with E-state index < -0.39 is 0 Å². The van der Waals surface area contributed by atoms with Gasteiger partial charge in [-0.05, 0) is 31.7 Å². The lowest BCUT2D eigenvalue weighted by Crippen LogP contribution is -1.96. The highest BCUT2D eigenvalue weighted by Gasteiger charge is 1.92. The minimum Gasteiger partial charge on any atom is -0.330 e. The molecule has 0 saturated carbocycles. The van der Waals surface area contributed by atoms with E-state index in [1.807, 2.05) is 0 Å². The molecule has 0 aliphatic rings. The average Bonchev–Trinajstić information content (AvgIpc) is 2.04. The van der Waals surface area contributed by atoms with E-state index in [1.165, 1.54) is 12.8 Å². The Morgan fingerprint density at radius 2 is 2.09 bits per heavy atom. The molecule has 66 valence electrons. The van der Waals surface area contributed by atoms with E-state index in [1.54, 1.807) is 0 Å². The second-order valence-electron chi connectivity index (χ2n) is 3.15. The lowest BCUT2D eigenvalue weighted by Gasteiger charge is -2.01. The van der Waals surface area contributed by atoms with E-state index in [0.717, 1.165) is 25.3 Å². The van der Waals surface area contributed by atoms with Crippen LogP contribution in [0.1, 0.15) is 39.5 Å². The lowest BCUT2D eigenvalue weighted by atomic mass is 10.0. The van der Waals surface area contributed by atoms with Crippen LogP contribution in [0.2, 0.25) is 0 Å². The lowest BCUT2D eigenvalue weighted by molar-refractivity contribution is 0.571. The van der Waals surface area contributed by atoms with Crippen LogP contribution in [0.5, 0.6) is 0 Å². The van der Waals surface area contributed by atoms with Crippen LogP contribution in [0.3, 0.4) is 0 Å². The SMILES string of the molecule is CCC(C)C/C=C/CCCN. The van der Waals surface area contributed by atoms with E-state index >= 15 is 0 Å². The van der Waals surface area contributed by atoms with Crippen molar-refractivity contribution < 1.29 is 0 Å². The molecule has 11 heavy (non-hydrogen) atoms. The Morgan fingerprint density at radius 1 is 1.36 bits per heavy atom. The highest BCUT2D eigenvalue weighted by molar-refractivity contribution is 4.82. The van der Waals surface area contributed by atoms with Crippen molar-refractivity contribution in [2.45, 2.75) is 39.5 Å². The van der Waals surface area contributed by atoms with Crippen molar-refractivity contribution in [1.29, 1.82) is 0 Å². The Balaban J connectivity index is 3.15. The molecular formula is C10H21N. The summed E-state index contributed by atoms with van der Waals surface area (Å²) in [4.78, 5) is 0. The molecule has 0 radical (unpaired) electrons. The van der Waals surface area contributed by atoms with Gasteiger partial charge in [0.25, 0.3) is 0 Å². The molecule has 1 atom stereocenters. The first-order chi connectivity index (χ1) is 5.31. The number of hydrogen-bond donors (Lipinski definition) is 1. The van der Waals surface area contributed by atoms with E-state index in [0.29, 0.717) is 0 Å². The van der Waals surface area contributed by atoms with Crippen molar-refractivity contribution in [3.63, 3.8) is 0 Å².